The minimum absolute atomic E-state index is 0.102. The lowest BCUT2D eigenvalue weighted by molar-refractivity contribution is 0.440. The summed E-state index contributed by atoms with van der Waals surface area (Å²) in [6, 6.07) is 6.15. The highest BCUT2D eigenvalue weighted by molar-refractivity contribution is 5.60. The maximum absolute atomic E-state index is 10.8. The maximum atomic E-state index is 10.8. The van der Waals surface area contributed by atoms with E-state index in [1.54, 1.807) is 0 Å². The molecule has 0 amide bonds. The summed E-state index contributed by atoms with van der Waals surface area (Å²) >= 11 is 0. The van der Waals surface area contributed by atoms with Crippen molar-refractivity contribution in [2.75, 3.05) is 0 Å². The highest BCUT2D eigenvalue weighted by atomic mass is 16.3. The van der Waals surface area contributed by atoms with Crippen molar-refractivity contribution in [3.63, 3.8) is 0 Å². The number of hydrogen-bond acceptors (Lipinski definition) is 2. The highest BCUT2D eigenvalue weighted by Gasteiger charge is 2.39. The molecule has 2 N–H and O–H groups in total. The van der Waals surface area contributed by atoms with Gasteiger partial charge in [0.1, 0.15) is 11.5 Å². The molecule has 0 radical (unpaired) electrons. The van der Waals surface area contributed by atoms with Crippen molar-refractivity contribution < 1.29 is 10.2 Å². The van der Waals surface area contributed by atoms with Crippen LogP contribution in [0.2, 0.25) is 0 Å². The minimum Gasteiger partial charge on any atom is -0.508 e. The molecule has 2 heteroatoms. The molecule has 0 saturated heterocycles. The van der Waals surface area contributed by atoms with E-state index in [1.165, 1.54) is 22.3 Å². The third kappa shape index (κ3) is 3.67. The second-order valence-electron chi connectivity index (χ2n) is 11.1. The van der Waals surface area contributed by atoms with Gasteiger partial charge in [-0.15, -0.1) is 0 Å². The first-order valence-corrected chi connectivity index (χ1v) is 11.0. The van der Waals surface area contributed by atoms with E-state index in [4.69, 9.17) is 0 Å². The first-order valence-electron chi connectivity index (χ1n) is 11.0. The van der Waals surface area contributed by atoms with Crippen LogP contribution in [0, 0.1) is 19.8 Å². The summed E-state index contributed by atoms with van der Waals surface area (Å²) in [4.78, 5) is 0. The van der Waals surface area contributed by atoms with E-state index in [0.717, 1.165) is 29.5 Å². The smallest absolute Gasteiger partial charge is 0.119 e. The zero-order chi connectivity index (χ0) is 21.9. The molecule has 0 heterocycles. The third-order valence-electron chi connectivity index (χ3n) is 6.71. The van der Waals surface area contributed by atoms with Gasteiger partial charge in [-0.1, -0.05) is 61.0 Å². The van der Waals surface area contributed by atoms with Gasteiger partial charge in [0.15, 0.2) is 0 Å². The van der Waals surface area contributed by atoms with Gasteiger partial charge in [-0.25, -0.2) is 0 Å². The molecule has 0 bridgehead atoms. The predicted octanol–water partition coefficient (Wildman–Crippen LogP) is 7.02. The summed E-state index contributed by atoms with van der Waals surface area (Å²) in [6.45, 7) is 19.6. The van der Waals surface area contributed by atoms with Crippen LogP contribution in [0.5, 0.6) is 11.5 Å². The fraction of sp³-hybridized carbons (Fsp3) is 0.556. The summed E-state index contributed by atoms with van der Waals surface area (Å²) in [6.07, 6.45) is 2.10. The Bertz CT molecular complexity index is 939. The Hall–Kier alpha value is -1.96. The number of aryl methyl sites for hydroxylation is 2. The molecule has 2 aromatic carbocycles. The molecular formula is C27H38O2. The number of aromatic hydroxyl groups is 2. The van der Waals surface area contributed by atoms with Gasteiger partial charge in [0.25, 0.3) is 0 Å². The van der Waals surface area contributed by atoms with Gasteiger partial charge in [-0.3, -0.25) is 0 Å². The number of rotatable bonds is 2. The molecule has 2 atom stereocenters. The number of fused-ring (bicyclic) bond motifs is 1. The van der Waals surface area contributed by atoms with Gasteiger partial charge < -0.3 is 10.2 Å². The van der Waals surface area contributed by atoms with Crippen LogP contribution in [0.1, 0.15) is 99.7 Å². The Morgan fingerprint density at radius 1 is 0.862 bits per heavy atom. The molecule has 158 valence electrons. The summed E-state index contributed by atoms with van der Waals surface area (Å²) < 4.78 is 0. The second-order valence-corrected chi connectivity index (χ2v) is 11.1. The van der Waals surface area contributed by atoms with E-state index in [0.29, 0.717) is 23.3 Å². The van der Waals surface area contributed by atoms with Gasteiger partial charge in [0.05, 0.1) is 0 Å². The van der Waals surface area contributed by atoms with Crippen molar-refractivity contribution in [1.82, 2.24) is 0 Å². The number of phenolic OH excluding ortho intramolecular Hbond substituents is 2. The van der Waals surface area contributed by atoms with Crippen molar-refractivity contribution in [1.29, 1.82) is 0 Å². The first-order chi connectivity index (χ1) is 13.3. The molecule has 0 aromatic heterocycles. The quantitative estimate of drug-likeness (QED) is 0.574. The summed E-state index contributed by atoms with van der Waals surface area (Å²) in [5, 5.41) is 21.4. The maximum Gasteiger partial charge on any atom is 0.119 e. The van der Waals surface area contributed by atoms with Gasteiger partial charge in [0, 0.05) is 11.5 Å². The van der Waals surface area contributed by atoms with Crippen molar-refractivity contribution in [2.45, 2.75) is 91.9 Å². The molecule has 0 aliphatic heterocycles. The van der Waals surface area contributed by atoms with Crippen LogP contribution in [0.25, 0.3) is 0 Å². The van der Waals surface area contributed by atoms with E-state index >= 15 is 0 Å². The monoisotopic (exact) mass is 394 g/mol. The molecular weight excluding hydrogens is 356 g/mol. The Balaban J connectivity index is 2.32. The molecule has 1 aliphatic rings. The van der Waals surface area contributed by atoms with Gasteiger partial charge in [-0.05, 0) is 82.5 Å². The lowest BCUT2D eigenvalue weighted by atomic mass is 9.76. The molecule has 1 aliphatic carbocycles. The van der Waals surface area contributed by atoms with Crippen molar-refractivity contribution in [3.8, 4) is 11.5 Å². The first kappa shape index (κ1) is 21.7. The van der Waals surface area contributed by atoms with E-state index in [-0.39, 0.29) is 10.8 Å². The van der Waals surface area contributed by atoms with Crippen LogP contribution in [-0.2, 0) is 17.3 Å². The Labute approximate surface area is 177 Å². The number of hydrogen-bond donors (Lipinski definition) is 2. The standard InChI is InChI=1S/C27H38O2/c1-10-17-13-19-23(16(3)12-22(29)25(19)27(7,8)9)24(17)18-14-20(26(4,5)6)21(28)11-15(18)2/h11-12,14,17,24,28-29H,10,13H2,1-9H3. The minimum atomic E-state index is -0.115. The number of phenols is 2. The summed E-state index contributed by atoms with van der Waals surface area (Å²) in [7, 11) is 0. The second kappa shape index (κ2) is 7.07. The molecule has 2 unspecified atom stereocenters. The molecule has 0 spiro atoms. The lowest BCUT2D eigenvalue weighted by Crippen LogP contribution is -2.16. The van der Waals surface area contributed by atoms with Crippen LogP contribution in [-0.4, -0.2) is 10.2 Å². The van der Waals surface area contributed by atoms with Crippen LogP contribution >= 0.6 is 0 Å². The molecule has 2 nitrogen and oxygen atoms in total. The topological polar surface area (TPSA) is 40.5 Å². The highest BCUT2D eigenvalue weighted by Crippen LogP contribution is 2.52. The molecule has 0 saturated carbocycles. The van der Waals surface area contributed by atoms with E-state index < -0.39 is 0 Å². The predicted molar refractivity (Wildman–Crippen MR) is 122 cm³/mol. The third-order valence-corrected chi connectivity index (χ3v) is 6.71. The van der Waals surface area contributed by atoms with Gasteiger partial charge in [-0.2, -0.15) is 0 Å². The fourth-order valence-electron chi connectivity index (χ4n) is 5.41. The SMILES string of the molecule is CCC1Cc2c(c(C)cc(O)c2C(C)(C)C)C1c1cc(C(C)(C)C)c(O)cc1C. The molecule has 2 aromatic rings. The van der Waals surface area contributed by atoms with E-state index in [1.807, 2.05) is 12.1 Å². The number of benzene rings is 2. The van der Waals surface area contributed by atoms with Crippen molar-refractivity contribution in [2.24, 2.45) is 5.92 Å². The Morgan fingerprint density at radius 2 is 1.45 bits per heavy atom. The Kier molecular flexibility index (Phi) is 5.30. The summed E-state index contributed by atoms with van der Waals surface area (Å²) in [5.41, 5.74) is 8.29. The average Bonchev–Trinajstić information content (AvgIpc) is 2.91. The van der Waals surface area contributed by atoms with Crippen molar-refractivity contribution >= 4 is 0 Å². The van der Waals surface area contributed by atoms with Crippen molar-refractivity contribution in [3.05, 3.63) is 57.1 Å². The van der Waals surface area contributed by atoms with Crippen LogP contribution in [0.3, 0.4) is 0 Å². The summed E-state index contributed by atoms with van der Waals surface area (Å²) in [5.74, 6) is 1.63. The zero-order valence-electron chi connectivity index (χ0n) is 19.7. The van der Waals surface area contributed by atoms with Crippen LogP contribution < -0.4 is 0 Å². The largest absolute Gasteiger partial charge is 0.508 e. The zero-order valence-corrected chi connectivity index (χ0v) is 19.7. The average molecular weight is 395 g/mol. The van der Waals surface area contributed by atoms with Crippen LogP contribution in [0.15, 0.2) is 18.2 Å². The van der Waals surface area contributed by atoms with Gasteiger partial charge >= 0.3 is 0 Å². The van der Waals surface area contributed by atoms with E-state index in [9.17, 15) is 10.2 Å². The van der Waals surface area contributed by atoms with Crippen LogP contribution in [0.4, 0.5) is 0 Å². The lowest BCUT2D eigenvalue weighted by Gasteiger charge is -2.28. The fourth-order valence-corrected chi connectivity index (χ4v) is 5.41. The van der Waals surface area contributed by atoms with E-state index in [2.05, 4.69) is 68.4 Å². The molecule has 29 heavy (non-hydrogen) atoms. The van der Waals surface area contributed by atoms with Gasteiger partial charge in [0.2, 0.25) is 0 Å². The molecule has 0 fully saturated rings. The molecule has 3 rings (SSSR count). The normalized spacial score (nSPS) is 19.5. The Morgan fingerprint density at radius 3 is 1.97 bits per heavy atom.